The van der Waals surface area contributed by atoms with Gasteiger partial charge >= 0.3 is 0 Å². The molecule has 0 aromatic heterocycles. The number of aromatic hydroxyl groups is 1. The number of hydrogen-bond acceptors (Lipinski definition) is 4. The molecule has 0 atom stereocenters. The lowest BCUT2D eigenvalue weighted by Crippen LogP contribution is -2.30. The molecule has 1 aliphatic heterocycles. The van der Waals surface area contributed by atoms with Crippen molar-refractivity contribution >= 4 is 24.0 Å². The minimum absolute atomic E-state index is 0. The molecule has 0 fully saturated rings. The highest BCUT2D eigenvalue weighted by molar-refractivity contribution is 5.96. The number of benzene rings is 1. The zero-order chi connectivity index (χ0) is 13.5. The smallest absolute Gasteiger partial charge is 0.224 e. The highest BCUT2D eigenvalue weighted by Crippen LogP contribution is 2.43. The van der Waals surface area contributed by atoms with Crippen LogP contribution in [0.1, 0.15) is 31.4 Å². The van der Waals surface area contributed by atoms with Gasteiger partial charge in [0, 0.05) is 23.1 Å². The van der Waals surface area contributed by atoms with Crippen molar-refractivity contribution in [2.24, 2.45) is 5.73 Å². The molecule has 1 aliphatic rings. The number of hydrogen-bond donors (Lipinski definition) is 3. The van der Waals surface area contributed by atoms with Gasteiger partial charge in [0.2, 0.25) is 5.91 Å². The lowest BCUT2D eigenvalue weighted by Gasteiger charge is -2.27. The first-order chi connectivity index (χ1) is 8.34. The van der Waals surface area contributed by atoms with Crippen molar-refractivity contribution in [3.05, 3.63) is 17.2 Å². The summed E-state index contributed by atoms with van der Waals surface area (Å²) in [6.45, 7) is 3.63. The number of amides is 1. The van der Waals surface area contributed by atoms with Crippen LogP contribution in [0.3, 0.4) is 0 Å². The van der Waals surface area contributed by atoms with Crippen molar-refractivity contribution in [3.63, 3.8) is 0 Å². The number of carbonyl (C=O) groups excluding carboxylic acids is 1. The maximum atomic E-state index is 11.4. The number of phenols is 1. The molecular weight excluding hydrogens is 268 g/mol. The molecule has 0 saturated heterocycles. The van der Waals surface area contributed by atoms with Crippen LogP contribution in [0.15, 0.2) is 6.07 Å². The van der Waals surface area contributed by atoms with E-state index in [9.17, 15) is 9.90 Å². The van der Waals surface area contributed by atoms with E-state index in [0.29, 0.717) is 35.4 Å². The fourth-order valence-corrected chi connectivity index (χ4v) is 2.17. The molecule has 0 aliphatic carbocycles. The van der Waals surface area contributed by atoms with Crippen molar-refractivity contribution in [3.8, 4) is 11.5 Å². The minimum Gasteiger partial charge on any atom is -0.507 e. The Bertz CT molecular complexity index is 510. The van der Waals surface area contributed by atoms with Gasteiger partial charge in [-0.3, -0.25) is 4.79 Å². The van der Waals surface area contributed by atoms with Gasteiger partial charge in [-0.2, -0.15) is 0 Å². The Morgan fingerprint density at radius 1 is 1.42 bits per heavy atom. The Morgan fingerprint density at radius 3 is 2.58 bits per heavy atom. The van der Waals surface area contributed by atoms with Crippen LogP contribution in [0.25, 0.3) is 0 Å². The summed E-state index contributed by atoms with van der Waals surface area (Å²) in [6, 6.07) is 1.68. The molecule has 0 spiro atoms. The highest BCUT2D eigenvalue weighted by Gasteiger charge is 2.28. The molecule has 4 N–H and O–H groups in total. The molecule has 0 saturated carbocycles. The first-order valence-electron chi connectivity index (χ1n) is 5.86. The van der Waals surface area contributed by atoms with Crippen LogP contribution < -0.4 is 15.8 Å². The molecule has 0 radical (unpaired) electrons. The Morgan fingerprint density at radius 2 is 2.05 bits per heavy atom. The molecule has 2 rings (SSSR count). The largest absolute Gasteiger partial charge is 0.507 e. The molecule has 1 aromatic rings. The topological polar surface area (TPSA) is 84.6 Å². The summed E-state index contributed by atoms with van der Waals surface area (Å²) in [5.41, 5.74) is 7.24. The van der Waals surface area contributed by atoms with Crippen LogP contribution in [-0.2, 0) is 16.8 Å². The zero-order valence-corrected chi connectivity index (χ0v) is 12.1. The Balaban J connectivity index is 0.00000180. The van der Waals surface area contributed by atoms with E-state index in [1.165, 1.54) is 7.11 Å². The van der Waals surface area contributed by atoms with Gasteiger partial charge in [0.1, 0.15) is 11.5 Å². The molecule has 106 valence electrons. The number of nitrogens with one attached hydrogen (secondary N) is 1. The summed E-state index contributed by atoms with van der Waals surface area (Å²) in [6.07, 6.45) is 0.853. The number of rotatable bonds is 2. The SMILES string of the molecule is COc1cc(C(C)(C)N)c(O)c2c1NC(=O)CC2.Cl. The summed E-state index contributed by atoms with van der Waals surface area (Å²) in [5.74, 6) is 0.614. The number of phenolic OH excluding ortho intramolecular Hbond substituents is 1. The van der Waals surface area contributed by atoms with Gasteiger partial charge in [-0.25, -0.2) is 0 Å². The van der Waals surface area contributed by atoms with Crippen LogP contribution in [0.5, 0.6) is 11.5 Å². The van der Waals surface area contributed by atoms with Gasteiger partial charge in [-0.15, -0.1) is 12.4 Å². The van der Waals surface area contributed by atoms with Crippen molar-refractivity contribution < 1.29 is 14.6 Å². The summed E-state index contributed by atoms with van der Waals surface area (Å²) in [7, 11) is 1.53. The van der Waals surface area contributed by atoms with E-state index in [1.54, 1.807) is 6.07 Å². The van der Waals surface area contributed by atoms with Crippen LogP contribution in [0, 0.1) is 0 Å². The fourth-order valence-electron chi connectivity index (χ4n) is 2.17. The van der Waals surface area contributed by atoms with Gasteiger partial charge in [-0.05, 0) is 26.3 Å². The third kappa shape index (κ3) is 2.77. The number of halogens is 1. The number of methoxy groups -OCH3 is 1. The van der Waals surface area contributed by atoms with Crippen LogP contribution >= 0.6 is 12.4 Å². The average Bonchev–Trinajstić information content (AvgIpc) is 2.27. The summed E-state index contributed by atoms with van der Waals surface area (Å²) >= 11 is 0. The Labute approximate surface area is 118 Å². The van der Waals surface area contributed by atoms with Gasteiger partial charge in [0.15, 0.2) is 0 Å². The molecule has 1 amide bonds. The molecule has 1 heterocycles. The third-order valence-electron chi connectivity index (χ3n) is 3.15. The van der Waals surface area contributed by atoms with E-state index in [1.807, 2.05) is 13.8 Å². The number of fused-ring (bicyclic) bond motifs is 1. The summed E-state index contributed by atoms with van der Waals surface area (Å²) in [4.78, 5) is 11.4. The van der Waals surface area contributed by atoms with E-state index >= 15 is 0 Å². The average molecular weight is 287 g/mol. The van der Waals surface area contributed by atoms with Gasteiger partial charge in [-0.1, -0.05) is 0 Å². The van der Waals surface area contributed by atoms with Crippen molar-refractivity contribution in [2.75, 3.05) is 12.4 Å². The fraction of sp³-hybridized carbons (Fsp3) is 0.462. The maximum Gasteiger partial charge on any atom is 0.224 e. The van der Waals surface area contributed by atoms with Crippen molar-refractivity contribution in [2.45, 2.75) is 32.2 Å². The molecule has 5 nitrogen and oxygen atoms in total. The van der Waals surface area contributed by atoms with Crippen LogP contribution in [0.4, 0.5) is 5.69 Å². The standard InChI is InChI=1S/C13H18N2O3.ClH/c1-13(2,14)8-6-9(18-3)11-7(12(8)17)4-5-10(16)15-11;/h6,17H,4-5,14H2,1-3H3,(H,15,16);1H. The van der Waals surface area contributed by atoms with E-state index in [-0.39, 0.29) is 24.1 Å². The van der Waals surface area contributed by atoms with Crippen molar-refractivity contribution in [1.82, 2.24) is 0 Å². The molecule has 6 heteroatoms. The molecule has 19 heavy (non-hydrogen) atoms. The first kappa shape index (κ1) is 15.6. The summed E-state index contributed by atoms with van der Waals surface area (Å²) < 4.78 is 5.27. The molecule has 0 bridgehead atoms. The Kier molecular flexibility index (Phi) is 4.32. The van der Waals surface area contributed by atoms with Crippen LogP contribution in [0.2, 0.25) is 0 Å². The van der Waals surface area contributed by atoms with Gasteiger partial charge in [0.05, 0.1) is 12.8 Å². The lowest BCUT2D eigenvalue weighted by atomic mass is 9.89. The first-order valence-corrected chi connectivity index (χ1v) is 5.86. The predicted octanol–water partition coefficient (Wildman–Crippen LogP) is 1.90. The Hall–Kier alpha value is -1.46. The number of anilines is 1. The second kappa shape index (κ2) is 5.27. The number of carbonyl (C=O) groups is 1. The zero-order valence-electron chi connectivity index (χ0n) is 11.2. The van der Waals surface area contributed by atoms with E-state index < -0.39 is 5.54 Å². The number of nitrogens with two attached hydrogens (primary N) is 1. The highest BCUT2D eigenvalue weighted by atomic mass is 35.5. The third-order valence-corrected chi connectivity index (χ3v) is 3.15. The second-order valence-corrected chi connectivity index (χ2v) is 5.10. The van der Waals surface area contributed by atoms with Gasteiger partial charge < -0.3 is 20.9 Å². The molecule has 1 aromatic carbocycles. The van der Waals surface area contributed by atoms with E-state index in [4.69, 9.17) is 10.5 Å². The molecule has 0 unspecified atom stereocenters. The monoisotopic (exact) mass is 286 g/mol. The minimum atomic E-state index is -0.673. The number of ether oxygens (including phenoxy) is 1. The lowest BCUT2D eigenvalue weighted by molar-refractivity contribution is -0.116. The van der Waals surface area contributed by atoms with Crippen LogP contribution in [-0.4, -0.2) is 18.1 Å². The van der Waals surface area contributed by atoms with Crippen molar-refractivity contribution in [1.29, 1.82) is 0 Å². The van der Waals surface area contributed by atoms with Gasteiger partial charge in [0.25, 0.3) is 0 Å². The normalized spacial score (nSPS) is 14.2. The van der Waals surface area contributed by atoms with E-state index in [2.05, 4.69) is 5.32 Å². The second-order valence-electron chi connectivity index (χ2n) is 5.10. The summed E-state index contributed by atoms with van der Waals surface area (Å²) in [5, 5.41) is 13.0. The molecular formula is C13H19ClN2O3. The maximum absolute atomic E-state index is 11.4. The predicted molar refractivity (Wildman–Crippen MR) is 76.1 cm³/mol. The van der Waals surface area contributed by atoms with E-state index in [0.717, 1.165) is 0 Å². The quantitative estimate of drug-likeness (QED) is 0.775.